The van der Waals surface area contributed by atoms with Crippen molar-refractivity contribution in [2.24, 2.45) is 5.92 Å². The first-order chi connectivity index (χ1) is 33.8. The number of aromatic hydroxyl groups is 2. The second kappa shape index (κ2) is 19.5. The smallest absolute Gasteiger partial charge is 0.252 e. The average molecular weight is 991 g/mol. The highest BCUT2D eigenvalue weighted by Crippen LogP contribution is 2.53. The topological polar surface area (TPSA) is 302 Å². The Labute approximate surface area is 407 Å². The number of hydrogen-bond acceptors (Lipinski definition) is 18. The van der Waals surface area contributed by atoms with Crippen molar-refractivity contribution in [2.45, 2.75) is 114 Å². The van der Waals surface area contributed by atoms with Crippen molar-refractivity contribution in [1.82, 2.24) is 30.7 Å². The Kier molecular flexibility index (Phi) is 13.7. The Balaban J connectivity index is 0.876. The van der Waals surface area contributed by atoms with Crippen LogP contribution in [0.3, 0.4) is 0 Å². The van der Waals surface area contributed by atoms with E-state index in [4.69, 9.17) is 28.4 Å². The number of ether oxygens (including phenoxy) is 6. The molecule has 5 amide bonds. The lowest BCUT2D eigenvalue weighted by Crippen LogP contribution is -2.60. The fraction of sp³-hybridized carbons (Fsp3) is 0.562. The number of phenolic OH excluding ortho intramolecular Hbond substituents is 2. The summed E-state index contributed by atoms with van der Waals surface area (Å²) in [6, 6.07) is 2.16. The van der Waals surface area contributed by atoms with Gasteiger partial charge in [-0.2, -0.15) is 0 Å². The van der Waals surface area contributed by atoms with Gasteiger partial charge in [0.2, 0.25) is 29.4 Å². The molecule has 382 valence electrons. The number of carbonyl (C=O) groups excluding carboxylic acids is 7. The summed E-state index contributed by atoms with van der Waals surface area (Å²) in [6.45, 7) is 5.97. The molecule has 11 atom stereocenters. The predicted molar refractivity (Wildman–Crippen MR) is 241 cm³/mol. The number of hydrogen-bond donors (Lipinski definition) is 7. The fourth-order valence-electron chi connectivity index (χ4n) is 10.8. The summed E-state index contributed by atoms with van der Waals surface area (Å²) >= 11 is 0. The molecule has 5 heterocycles. The second-order valence-electron chi connectivity index (χ2n) is 19.1. The van der Waals surface area contributed by atoms with Crippen LogP contribution in [0.25, 0.3) is 0 Å². The highest BCUT2D eigenvalue weighted by molar-refractivity contribution is 6.31. The number of likely N-dealkylation sites (tertiary alicyclic amines) is 1. The first kappa shape index (κ1) is 49.9. The molecule has 0 radical (unpaired) electrons. The molecule has 23 nitrogen and oxygen atoms in total. The molecule has 7 N–H and O–H groups in total. The van der Waals surface area contributed by atoms with Crippen molar-refractivity contribution < 1.29 is 82.4 Å². The summed E-state index contributed by atoms with van der Waals surface area (Å²) in [4.78, 5) is 97.7. The van der Waals surface area contributed by atoms with Crippen molar-refractivity contribution in [3.05, 3.63) is 63.7 Å². The number of benzene rings is 2. The van der Waals surface area contributed by atoms with Gasteiger partial charge in [-0.15, -0.1) is 0 Å². The van der Waals surface area contributed by atoms with E-state index in [1.54, 1.807) is 0 Å². The van der Waals surface area contributed by atoms with Crippen LogP contribution < -0.4 is 20.7 Å². The SMILES string of the molecule is COc1cccc2c1C(=O)c1c(O)c3c(c(O)c1C2=O)C[C@@](O)(C(=O)NCC1CN(C(=O)[C@H](C)NC(=O)[C@H](C)NC(=O)CCN2C(=O)C=CC2O)C1)C[C@@H]3O[C@H]1C[C@H]2[C@H](O[C@@H]3[C@@H](OC)OCCN32)[C@H](C)O1. The van der Waals surface area contributed by atoms with Gasteiger partial charge in [-0.3, -0.25) is 38.5 Å². The summed E-state index contributed by atoms with van der Waals surface area (Å²) in [5.74, 6) is -6.00. The number of ketones is 2. The number of nitrogens with zero attached hydrogens (tertiary/aromatic N) is 3. The molecule has 0 spiro atoms. The molecular weight excluding hydrogens is 933 g/mol. The number of nitrogens with one attached hydrogen (secondary N) is 3. The maximum atomic E-state index is 14.2. The number of morpholine rings is 1. The monoisotopic (exact) mass is 990 g/mol. The lowest BCUT2D eigenvalue weighted by molar-refractivity contribution is -0.256. The van der Waals surface area contributed by atoms with E-state index in [0.29, 0.717) is 13.2 Å². The minimum absolute atomic E-state index is 0.00571. The van der Waals surface area contributed by atoms with Crippen molar-refractivity contribution >= 4 is 41.1 Å². The third-order valence-corrected chi connectivity index (χ3v) is 14.5. The molecule has 2 aromatic rings. The van der Waals surface area contributed by atoms with Crippen LogP contribution in [0.5, 0.6) is 17.2 Å². The van der Waals surface area contributed by atoms with E-state index in [1.165, 1.54) is 63.3 Å². The molecule has 23 heteroatoms. The maximum Gasteiger partial charge on any atom is 0.252 e. The molecule has 0 bridgehead atoms. The second-order valence-corrected chi connectivity index (χ2v) is 19.1. The number of methoxy groups -OCH3 is 2. The maximum absolute atomic E-state index is 14.2. The number of carbonyl (C=O) groups is 7. The third kappa shape index (κ3) is 9.02. The van der Waals surface area contributed by atoms with Crippen molar-refractivity contribution in [3.8, 4) is 17.2 Å². The lowest BCUT2D eigenvalue weighted by atomic mass is 9.72. The van der Waals surface area contributed by atoms with Crippen LogP contribution in [0.1, 0.15) is 89.1 Å². The Morgan fingerprint density at radius 1 is 0.972 bits per heavy atom. The number of aliphatic hydroxyl groups is 2. The Hall–Kier alpha value is -6.05. The van der Waals surface area contributed by atoms with Gasteiger partial charge in [-0.05, 0) is 32.9 Å². The fourth-order valence-corrected chi connectivity index (χ4v) is 10.8. The van der Waals surface area contributed by atoms with E-state index in [2.05, 4.69) is 20.9 Å². The van der Waals surface area contributed by atoms with Crippen LogP contribution in [-0.2, 0) is 54.1 Å². The minimum Gasteiger partial charge on any atom is -0.507 e. The van der Waals surface area contributed by atoms with Crippen LogP contribution in [0.2, 0.25) is 0 Å². The molecular formula is C48H58N6O17. The zero-order chi connectivity index (χ0) is 50.8. The van der Waals surface area contributed by atoms with Crippen molar-refractivity contribution in [3.63, 3.8) is 0 Å². The van der Waals surface area contributed by atoms with Crippen LogP contribution in [-0.4, -0.2) is 191 Å². The number of amides is 5. The summed E-state index contributed by atoms with van der Waals surface area (Å²) in [6.07, 6.45) is -4.12. The van der Waals surface area contributed by atoms with Gasteiger partial charge in [-0.1, -0.05) is 12.1 Å². The Morgan fingerprint density at radius 2 is 1.72 bits per heavy atom. The summed E-state index contributed by atoms with van der Waals surface area (Å²) in [7, 11) is 2.85. The van der Waals surface area contributed by atoms with Gasteiger partial charge in [0.25, 0.3) is 5.91 Å². The van der Waals surface area contributed by atoms with Crippen molar-refractivity contribution in [2.75, 3.05) is 53.6 Å². The molecule has 2 aromatic carbocycles. The van der Waals surface area contributed by atoms with Crippen LogP contribution in [0.15, 0.2) is 30.4 Å². The number of phenols is 2. The van der Waals surface area contributed by atoms with Gasteiger partial charge in [0.1, 0.15) is 47.3 Å². The van der Waals surface area contributed by atoms with Gasteiger partial charge < -0.3 is 74.6 Å². The Bertz CT molecular complexity index is 2570. The normalized spacial score (nSPS) is 29.8. The highest BCUT2D eigenvalue weighted by Gasteiger charge is 2.55. The molecule has 71 heavy (non-hydrogen) atoms. The van der Waals surface area contributed by atoms with Crippen molar-refractivity contribution in [1.29, 1.82) is 0 Å². The van der Waals surface area contributed by atoms with E-state index >= 15 is 0 Å². The van der Waals surface area contributed by atoms with E-state index in [1.807, 2.05) is 6.92 Å². The van der Waals surface area contributed by atoms with Crippen LogP contribution >= 0.6 is 0 Å². The molecule has 1 unspecified atom stereocenters. The zero-order valence-corrected chi connectivity index (χ0v) is 39.7. The van der Waals surface area contributed by atoms with E-state index in [9.17, 15) is 54.0 Å². The van der Waals surface area contributed by atoms with Gasteiger partial charge in [-0.25, -0.2) is 0 Å². The first-order valence-electron chi connectivity index (χ1n) is 23.6. The number of fused-ring (bicyclic) bond motifs is 6. The molecule has 5 aliphatic heterocycles. The predicted octanol–water partition coefficient (Wildman–Crippen LogP) is -1.16. The average Bonchev–Trinajstić information content (AvgIpc) is 3.87. The standard InChI is InChI=1S/C48H58N6O17/c1-21(50-30(55)11-12-54-31(56)9-10-32(54)57)43(62)51-22(2)44(63)52-19-24(20-52)18-49-47(64)48(65)16-26-35(41(61)37-36(39(26)59)38(58)25-7-6-8-28(66-4)34(25)40(37)60)29(17-48)70-33-15-27-42(23(3)69-33)71-45-46(67-5)68-14-13-53(27)45/h6-10,21-24,27,29,31,33,42,45-46,56,59,61,65H,11-20H2,1-5H3,(H,49,64)(H,50,55)(H,51,62)/t21-,22-,23-,27-,29-,31?,33-,42+,45+,46-,48-/m0/s1. The summed E-state index contributed by atoms with van der Waals surface area (Å²) in [5.41, 5.74) is -3.73. The summed E-state index contributed by atoms with van der Waals surface area (Å²) < 4.78 is 36.0. The molecule has 4 fully saturated rings. The largest absolute Gasteiger partial charge is 0.507 e. The van der Waals surface area contributed by atoms with E-state index in [0.717, 1.165) is 4.90 Å². The minimum atomic E-state index is -2.31. The zero-order valence-electron chi connectivity index (χ0n) is 39.7. The lowest BCUT2D eigenvalue weighted by Gasteiger charge is -2.44. The van der Waals surface area contributed by atoms with Gasteiger partial charge in [0, 0.05) is 100 Å². The molecule has 0 aromatic heterocycles. The molecule has 2 aliphatic carbocycles. The molecule has 7 aliphatic rings. The van der Waals surface area contributed by atoms with E-state index < -0.39 is 138 Å². The van der Waals surface area contributed by atoms with Gasteiger partial charge in [0.05, 0.1) is 42.6 Å². The van der Waals surface area contributed by atoms with Gasteiger partial charge in [0.15, 0.2) is 24.6 Å². The Morgan fingerprint density at radius 3 is 2.42 bits per heavy atom. The van der Waals surface area contributed by atoms with Gasteiger partial charge >= 0.3 is 0 Å². The highest BCUT2D eigenvalue weighted by atomic mass is 16.7. The van der Waals surface area contributed by atoms with Crippen LogP contribution in [0.4, 0.5) is 0 Å². The molecule has 0 saturated carbocycles. The summed E-state index contributed by atoms with van der Waals surface area (Å²) in [5, 5.41) is 54.2. The molecule has 4 saturated heterocycles. The van der Waals surface area contributed by atoms with Crippen LogP contribution in [0, 0.1) is 5.92 Å². The third-order valence-electron chi connectivity index (χ3n) is 14.5. The molecule has 9 rings (SSSR count). The number of rotatable bonds is 14. The quantitative estimate of drug-likeness (QED) is 0.0938. The van der Waals surface area contributed by atoms with E-state index in [-0.39, 0.29) is 79.0 Å². The first-order valence-corrected chi connectivity index (χ1v) is 23.6. The number of aliphatic hydroxyl groups excluding tert-OH is 1.